The Kier molecular flexibility index (Phi) is 6.43. The summed E-state index contributed by atoms with van der Waals surface area (Å²) in [5.74, 6) is 0.318. The highest BCUT2D eigenvalue weighted by molar-refractivity contribution is 6.01. The Morgan fingerprint density at radius 2 is 1.97 bits per heavy atom. The minimum absolute atomic E-state index is 0.0145. The van der Waals surface area contributed by atoms with Crippen molar-refractivity contribution in [3.63, 3.8) is 0 Å². The molecule has 1 fully saturated rings. The lowest BCUT2D eigenvalue weighted by Gasteiger charge is -2.17. The van der Waals surface area contributed by atoms with Crippen LogP contribution in [0.2, 0.25) is 0 Å². The molecule has 2 amide bonds. The quantitative estimate of drug-likeness (QED) is 0.529. The van der Waals surface area contributed by atoms with Crippen LogP contribution in [-0.4, -0.2) is 60.2 Å². The van der Waals surface area contributed by atoms with Crippen LogP contribution in [0.3, 0.4) is 0 Å². The van der Waals surface area contributed by atoms with Gasteiger partial charge in [0.1, 0.15) is 12.0 Å². The van der Waals surface area contributed by atoms with Crippen LogP contribution in [0.25, 0.3) is 0 Å². The second-order valence-electron chi connectivity index (χ2n) is 7.75. The molecule has 0 aliphatic heterocycles. The summed E-state index contributed by atoms with van der Waals surface area (Å²) in [5, 5.41) is 9.71. The van der Waals surface area contributed by atoms with Crippen LogP contribution in [0.5, 0.6) is 5.88 Å². The number of anilines is 3. The molecule has 12 heteroatoms. The van der Waals surface area contributed by atoms with Gasteiger partial charge in [0.25, 0.3) is 11.8 Å². The third kappa shape index (κ3) is 5.22. The van der Waals surface area contributed by atoms with Crippen LogP contribution >= 0.6 is 0 Å². The van der Waals surface area contributed by atoms with Crippen molar-refractivity contribution in [3.8, 4) is 5.88 Å². The van der Waals surface area contributed by atoms with Gasteiger partial charge in [-0.15, -0.1) is 0 Å². The smallest absolute Gasteiger partial charge is 0.387 e. The Balaban J connectivity index is 1.54. The molecule has 3 aromatic heterocycles. The number of hydrogen-bond acceptors (Lipinski definition) is 9. The van der Waals surface area contributed by atoms with Crippen molar-refractivity contribution in [3.05, 3.63) is 42.5 Å². The number of carbonyl (C=O) groups is 2. The first kappa shape index (κ1) is 22.1. The molecule has 2 N–H and O–H groups in total. The van der Waals surface area contributed by atoms with Crippen molar-refractivity contribution in [2.45, 2.75) is 32.1 Å². The van der Waals surface area contributed by atoms with Crippen LogP contribution in [0.1, 0.15) is 48.3 Å². The third-order valence-corrected chi connectivity index (χ3v) is 5.05. The molecule has 0 atom stereocenters. The fourth-order valence-electron chi connectivity index (χ4n) is 3.24. The lowest BCUT2D eigenvalue weighted by Crippen LogP contribution is -2.30. The van der Waals surface area contributed by atoms with Crippen molar-refractivity contribution in [2.24, 2.45) is 7.05 Å². The van der Waals surface area contributed by atoms with Gasteiger partial charge in [-0.25, -0.2) is 24.7 Å². The minimum atomic E-state index is -0.815. The summed E-state index contributed by atoms with van der Waals surface area (Å²) in [6.45, 7) is 2.56. The van der Waals surface area contributed by atoms with Gasteiger partial charge in [-0.3, -0.25) is 14.8 Å². The SMILES string of the molecule is CCCN(C)C(=O)c1c(NC(=O)Oc2nc(C3CC3)cnc2Nc2cncnc2)cnn1C. The van der Waals surface area contributed by atoms with E-state index in [4.69, 9.17) is 4.74 Å². The lowest BCUT2D eigenvalue weighted by atomic mass is 10.3. The largest absolute Gasteiger partial charge is 0.418 e. The average molecular weight is 451 g/mol. The minimum Gasteiger partial charge on any atom is -0.387 e. The Hall–Kier alpha value is -4.09. The molecule has 0 saturated heterocycles. The van der Waals surface area contributed by atoms with Gasteiger partial charge in [-0.2, -0.15) is 5.10 Å². The zero-order chi connectivity index (χ0) is 23.4. The van der Waals surface area contributed by atoms with Crippen molar-refractivity contribution < 1.29 is 14.3 Å². The Labute approximate surface area is 190 Å². The van der Waals surface area contributed by atoms with E-state index in [0.717, 1.165) is 25.0 Å². The summed E-state index contributed by atoms with van der Waals surface area (Å²) in [7, 11) is 3.34. The van der Waals surface area contributed by atoms with Crippen LogP contribution in [0, 0.1) is 0 Å². The van der Waals surface area contributed by atoms with E-state index in [-0.39, 0.29) is 29.0 Å². The predicted molar refractivity (Wildman–Crippen MR) is 119 cm³/mol. The molecule has 0 unspecified atom stereocenters. The van der Waals surface area contributed by atoms with Crippen molar-refractivity contribution >= 4 is 29.2 Å². The molecular weight excluding hydrogens is 426 g/mol. The molecule has 172 valence electrons. The van der Waals surface area contributed by atoms with Gasteiger partial charge in [0, 0.05) is 26.6 Å². The zero-order valence-corrected chi connectivity index (χ0v) is 18.6. The predicted octanol–water partition coefficient (Wildman–Crippen LogP) is 2.71. The highest BCUT2D eigenvalue weighted by atomic mass is 16.6. The Morgan fingerprint density at radius 3 is 2.67 bits per heavy atom. The summed E-state index contributed by atoms with van der Waals surface area (Å²) in [6.07, 6.45) is 9.63. The average Bonchev–Trinajstić information content (AvgIpc) is 3.59. The maximum absolute atomic E-state index is 12.8. The molecule has 3 aromatic rings. The van der Waals surface area contributed by atoms with E-state index in [1.165, 1.54) is 17.2 Å². The summed E-state index contributed by atoms with van der Waals surface area (Å²) < 4.78 is 6.92. The van der Waals surface area contributed by atoms with E-state index in [1.54, 1.807) is 37.6 Å². The first-order valence-corrected chi connectivity index (χ1v) is 10.6. The highest BCUT2D eigenvalue weighted by Crippen LogP contribution is 2.40. The van der Waals surface area contributed by atoms with Crippen molar-refractivity contribution in [2.75, 3.05) is 24.2 Å². The van der Waals surface area contributed by atoms with E-state index in [0.29, 0.717) is 18.2 Å². The van der Waals surface area contributed by atoms with Gasteiger partial charge in [0.2, 0.25) is 0 Å². The second kappa shape index (κ2) is 9.59. The molecule has 0 aromatic carbocycles. The second-order valence-corrected chi connectivity index (χ2v) is 7.75. The van der Waals surface area contributed by atoms with Crippen molar-refractivity contribution in [1.29, 1.82) is 0 Å². The molecular formula is C21H25N9O3. The first-order valence-electron chi connectivity index (χ1n) is 10.6. The van der Waals surface area contributed by atoms with Gasteiger partial charge in [0.15, 0.2) is 5.82 Å². The molecule has 1 aliphatic carbocycles. The van der Waals surface area contributed by atoms with Crippen LogP contribution in [0.4, 0.5) is 22.0 Å². The molecule has 4 rings (SSSR count). The van der Waals surface area contributed by atoms with Gasteiger partial charge in [0.05, 0.1) is 41.9 Å². The molecule has 3 heterocycles. The fraction of sp³-hybridized carbons (Fsp3) is 0.381. The number of nitrogens with zero attached hydrogens (tertiary/aromatic N) is 7. The van der Waals surface area contributed by atoms with Crippen LogP contribution in [-0.2, 0) is 7.05 Å². The highest BCUT2D eigenvalue weighted by Gasteiger charge is 2.28. The van der Waals surface area contributed by atoms with Gasteiger partial charge < -0.3 is 15.0 Å². The normalized spacial score (nSPS) is 12.8. The van der Waals surface area contributed by atoms with Gasteiger partial charge >= 0.3 is 6.09 Å². The number of aromatic nitrogens is 6. The zero-order valence-electron chi connectivity index (χ0n) is 18.6. The molecule has 12 nitrogen and oxygen atoms in total. The maximum atomic E-state index is 12.8. The van der Waals surface area contributed by atoms with E-state index in [2.05, 4.69) is 35.7 Å². The van der Waals surface area contributed by atoms with E-state index in [1.807, 2.05) is 6.92 Å². The molecule has 33 heavy (non-hydrogen) atoms. The molecule has 0 spiro atoms. The number of hydrogen-bond donors (Lipinski definition) is 2. The number of aryl methyl sites for hydroxylation is 1. The summed E-state index contributed by atoms with van der Waals surface area (Å²) >= 11 is 0. The van der Waals surface area contributed by atoms with E-state index < -0.39 is 6.09 Å². The number of carbonyl (C=O) groups excluding carboxylic acids is 2. The number of amides is 2. The molecule has 0 radical (unpaired) electrons. The lowest BCUT2D eigenvalue weighted by molar-refractivity contribution is 0.0785. The van der Waals surface area contributed by atoms with Crippen LogP contribution in [0.15, 0.2) is 31.1 Å². The monoisotopic (exact) mass is 451 g/mol. The molecule has 0 bridgehead atoms. The van der Waals surface area contributed by atoms with Crippen LogP contribution < -0.4 is 15.4 Å². The van der Waals surface area contributed by atoms with Gasteiger partial charge in [-0.05, 0) is 19.3 Å². The summed E-state index contributed by atoms with van der Waals surface area (Å²) in [6, 6.07) is 0. The number of rotatable bonds is 8. The molecule has 1 saturated carbocycles. The maximum Gasteiger partial charge on any atom is 0.418 e. The Bertz CT molecular complexity index is 1150. The summed E-state index contributed by atoms with van der Waals surface area (Å²) in [5.41, 5.74) is 1.81. The van der Waals surface area contributed by atoms with E-state index in [9.17, 15) is 9.59 Å². The molecule has 1 aliphatic rings. The topological polar surface area (TPSA) is 140 Å². The summed E-state index contributed by atoms with van der Waals surface area (Å²) in [4.78, 5) is 43.9. The van der Waals surface area contributed by atoms with E-state index >= 15 is 0 Å². The fourth-order valence-corrected chi connectivity index (χ4v) is 3.24. The van der Waals surface area contributed by atoms with Crippen molar-refractivity contribution in [1.82, 2.24) is 34.6 Å². The van der Waals surface area contributed by atoms with Gasteiger partial charge in [-0.1, -0.05) is 6.92 Å². The number of nitrogens with one attached hydrogen (secondary N) is 2. The first-order chi connectivity index (χ1) is 16.0. The Morgan fingerprint density at radius 1 is 1.21 bits per heavy atom. The standard InChI is InChI=1S/C21H25N9O3/c1-4-7-29(2)20(31)17-16(11-25-30(17)3)28-21(32)33-19-18(26-14-8-22-12-23-9-14)24-10-15(27-19)13-5-6-13/h8-13H,4-7H2,1-3H3,(H,24,26)(H,28,32). The number of ether oxygens (including phenoxy) is 1. The third-order valence-electron chi connectivity index (χ3n) is 5.05.